The molecule has 1 N–H and O–H groups in total. The summed E-state index contributed by atoms with van der Waals surface area (Å²) >= 11 is 0. The molecule has 0 aromatic carbocycles. The number of nitrogens with zero attached hydrogens (tertiary/aromatic N) is 6. The first-order valence-electron chi connectivity index (χ1n) is 5.73. The smallest absolute Gasteiger partial charge is 0.179 e. The van der Waals surface area contributed by atoms with E-state index >= 15 is 0 Å². The highest BCUT2D eigenvalue weighted by Crippen LogP contribution is 2.11. The highest BCUT2D eigenvalue weighted by atomic mass is 16.5. The Hall–Kier alpha value is -1.80. The van der Waals surface area contributed by atoms with Crippen molar-refractivity contribution in [3.05, 3.63) is 18.1 Å². The summed E-state index contributed by atoms with van der Waals surface area (Å²) in [5.41, 5.74) is 0. The maximum absolute atomic E-state index is 4.99. The van der Waals surface area contributed by atoms with Crippen LogP contribution in [0.4, 0.5) is 0 Å². The summed E-state index contributed by atoms with van der Waals surface area (Å²) in [6.07, 6.45) is 1.85. The molecule has 98 valence electrons. The number of hydrogen-bond acceptors (Lipinski definition) is 6. The fourth-order valence-electron chi connectivity index (χ4n) is 1.61. The topological polar surface area (TPSA) is 82.7 Å². The number of aryl methyl sites for hydroxylation is 1. The maximum Gasteiger partial charge on any atom is 0.179 e. The van der Waals surface area contributed by atoms with Crippen molar-refractivity contribution in [3.8, 4) is 5.82 Å². The Balaban J connectivity index is 2.12. The molecule has 2 aromatic heterocycles. The van der Waals surface area contributed by atoms with Crippen LogP contribution in [0.1, 0.15) is 18.8 Å². The minimum Gasteiger partial charge on any atom is -0.383 e. The van der Waals surface area contributed by atoms with Crippen LogP contribution in [-0.4, -0.2) is 50.2 Å². The van der Waals surface area contributed by atoms with Crippen molar-refractivity contribution in [3.63, 3.8) is 0 Å². The number of aromatic nitrogens is 6. The van der Waals surface area contributed by atoms with Crippen LogP contribution >= 0.6 is 0 Å². The second-order valence-electron chi connectivity index (χ2n) is 3.97. The van der Waals surface area contributed by atoms with Crippen molar-refractivity contribution in [2.75, 3.05) is 20.3 Å². The van der Waals surface area contributed by atoms with Crippen LogP contribution in [0.25, 0.3) is 5.82 Å². The second-order valence-corrected chi connectivity index (χ2v) is 3.97. The number of rotatable bonds is 6. The van der Waals surface area contributed by atoms with Crippen molar-refractivity contribution in [1.29, 1.82) is 0 Å². The third kappa shape index (κ3) is 2.71. The van der Waals surface area contributed by atoms with E-state index in [1.807, 2.05) is 26.2 Å². The van der Waals surface area contributed by atoms with E-state index in [-0.39, 0.29) is 6.04 Å². The Morgan fingerprint density at radius 1 is 1.50 bits per heavy atom. The monoisotopic (exact) mass is 251 g/mol. The molecule has 2 rings (SSSR count). The van der Waals surface area contributed by atoms with Gasteiger partial charge in [-0.05, 0) is 17.4 Å². The fraction of sp³-hybridized carbons (Fsp3) is 0.600. The van der Waals surface area contributed by atoms with E-state index in [1.54, 1.807) is 16.5 Å². The molecule has 0 aliphatic carbocycles. The molecule has 0 bridgehead atoms. The minimum atomic E-state index is 0.0251. The molecule has 8 heteroatoms. The lowest BCUT2D eigenvalue weighted by atomic mass is 10.3. The Morgan fingerprint density at radius 3 is 3.00 bits per heavy atom. The summed E-state index contributed by atoms with van der Waals surface area (Å²) in [4.78, 5) is 0. The van der Waals surface area contributed by atoms with Gasteiger partial charge in [0.25, 0.3) is 0 Å². The minimum absolute atomic E-state index is 0.0251. The van der Waals surface area contributed by atoms with Crippen molar-refractivity contribution < 1.29 is 4.74 Å². The number of tetrazole rings is 1. The Morgan fingerprint density at radius 2 is 2.33 bits per heavy atom. The van der Waals surface area contributed by atoms with Crippen molar-refractivity contribution in [2.24, 2.45) is 7.05 Å². The van der Waals surface area contributed by atoms with E-state index in [4.69, 9.17) is 4.74 Å². The second kappa shape index (κ2) is 5.69. The summed E-state index contributed by atoms with van der Waals surface area (Å²) in [6, 6.07) is 1.89. The zero-order chi connectivity index (χ0) is 13.0. The van der Waals surface area contributed by atoms with Crippen LogP contribution in [0, 0.1) is 0 Å². The lowest BCUT2D eigenvalue weighted by Gasteiger charge is -2.11. The van der Waals surface area contributed by atoms with Crippen LogP contribution < -0.4 is 5.32 Å². The highest BCUT2D eigenvalue weighted by Gasteiger charge is 2.16. The zero-order valence-electron chi connectivity index (χ0n) is 10.7. The van der Waals surface area contributed by atoms with E-state index in [1.165, 1.54) is 0 Å². The molecular weight excluding hydrogens is 234 g/mol. The first kappa shape index (κ1) is 12.7. The predicted molar refractivity (Wildman–Crippen MR) is 64.2 cm³/mol. The van der Waals surface area contributed by atoms with Gasteiger partial charge in [-0.25, -0.2) is 0 Å². The van der Waals surface area contributed by atoms with Crippen LogP contribution in [0.15, 0.2) is 12.3 Å². The number of nitrogens with one attached hydrogen (secondary N) is 1. The van der Waals surface area contributed by atoms with E-state index in [9.17, 15) is 0 Å². The van der Waals surface area contributed by atoms with Gasteiger partial charge in [-0.2, -0.15) is 9.78 Å². The molecule has 0 radical (unpaired) electrons. The molecule has 1 unspecified atom stereocenters. The van der Waals surface area contributed by atoms with E-state index in [0.29, 0.717) is 12.4 Å². The Kier molecular flexibility index (Phi) is 4.00. The summed E-state index contributed by atoms with van der Waals surface area (Å²) in [5.74, 6) is 1.43. The molecule has 18 heavy (non-hydrogen) atoms. The first-order valence-corrected chi connectivity index (χ1v) is 5.73. The zero-order valence-corrected chi connectivity index (χ0v) is 10.7. The Labute approximate surface area is 105 Å². The Bertz CT molecular complexity index is 492. The third-order valence-electron chi connectivity index (χ3n) is 2.55. The van der Waals surface area contributed by atoms with E-state index in [0.717, 1.165) is 12.4 Å². The molecule has 2 aromatic rings. The molecule has 0 spiro atoms. The molecule has 8 nitrogen and oxygen atoms in total. The molecule has 0 saturated heterocycles. The van der Waals surface area contributed by atoms with Gasteiger partial charge < -0.3 is 10.1 Å². The van der Waals surface area contributed by atoms with Gasteiger partial charge >= 0.3 is 0 Å². The normalized spacial score (nSPS) is 12.8. The van der Waals surface area contributed by atoms with Crippen LogP contribution in [-0.2, 0) is 11.8 Å². The van der Waals surface area contributed by atoms with E-state index in [2.05, 4.69) is 25.9 Å². The molecular formula is C10H17N7O. The largest absolute Gasteiger partial charge is 0.383 e. The van der Waals surface area contributed by atoms with Gasteiger partial charge in [0, 0.05) is 33.0 Å². The third-order valence-corrected chi connectivity index (χ3v) is 2.55. The van der Waals surface area contributed by atoms with Crippen molar-refractivity contribution >= 4 is 0 Å². The van der Waals surface area contributed by atoms with Gasteiger partial charge in [-0.1, -0.05) is 0 Å². The van der Waals surface area contributed by atoms with Gasteiger partial charge in [-0.3, -0.25) is 4.68 Å². The average molecular weight is 251 g/mol. The first-order chi connectivity index (χ1) is 8.72. The fourth-order valence-corrected chi connectivity index (χ4v) is 1.61. The lowest BCUT2D eigenvalue weighted by molar-refractivity contribution is 0.196. The molecule has 0 aliphatic rings. The lowest BCUT2D eigenvalue weighted by Crippen LogP contribution is -2.25. The molecule has 0 aliphatic heterocycles. The molecule has 0 amide bonds. The van der Waals surface area contributed by atoms with Gasteiger partial charge in [0.2, 0.25) is 0 Å². The maximum atomic E-state index is 4.99. The predicted octanol–water partition coefficient (Wildman–Crippen LogP) is -0.307. The SMILES string of the molecule is COCCNC(C)c1nnnn1-c1ccn(C)n1. The van der Waals surface area contributed by atoms with Gasteiger partial charge in [-0.15, -0.1) is 5.10 Å². The highest BCUT2D eigenvalue weighted by molar-refractivity contribution is 5.19. The molecule has 2 heterocycles. The summed E-state index contributed by atoms with van der Waals surface area (Å²) in [5, 5.41) is 19.2. The van der Waals surface area contributed by atoms with Gasteiger partial charge in [0.1, 0.15) is 0 Å². The molecule has 0 fully saturated rings. The number of hydrogen-bond donors (Lipinski definition) is 1. The average Bonchev–Trinajstić information content (AvgIpc) is 2.97. The van der Waals surface area contributed by atoms with Gasteiger partial charge in [0.05, 0.1) is 12.6 Å². The molecule has 1 atom stereocenters. The van der Waals surface area contributed by atoms with Crippen molar-refractivity contribution in [1.82, 2.24) is 35.3 Å². The number of methoxy groups -OCH3 is 1. The van der Waals surface area contributed by atoms with E-state index < -0.39 is 0 Å². The quantitative estimate of drug-likeness (QED) is 0.709. The molecule has 0 saturated carbocycles. The number of ether oxygens (including phenoxy) is 1. The van der Waals surface area contributed by atoms with Crippen LogP contribution in [0.2, 0.25) is 0 Å². The summed E-state index contributed by atoms with van der Waals surface area (Å²) in [6.45, 7) is 3.39. The van der Waals surface area contributed by atoms with Gasteiger partial charge in [0.15, 0.2) is 11.6 Å². The van der Waals surface area contributed by atoms with Crippen molar-refractivity contribution in [2.45, 2.75) is 13.0 Å². The standard InChI is InChI=1S/C10H17N7O/c1-8(11-5-7-18-3)10-12-14-15-17(10)9-4-6-16(2)13-9/h4,6,8,11H,5,7H2,1-3H3. The summed E-state index contributed by atoms with van der Waals surface area (Å²) < 4.78 is 8.33. The summed E-state index contributed by atoms with van der Waals surface area (Å²) in [7, 11) is 3.53. The van der Waals surface area contributed by atoms with Crippen LogP contribution in [0.3, 0.4) is 0 Å². The van der Waals surface area contributed by atoms with Crippen LogP contribution in [0.5, 0.6) is 0 Å².